The van der Waals surface area contributed by atoms with Gasteiger partial charge < -0.3 is 15.5 Å². The molecule has 3 amide bonds. The molecular weight excluding hydrogens is 573 g/mol. The van der Waals surface area contributed by atoms with Crippen LogP contribution in [0.15, 0.2) is 47.5 Å². The molecule has 2 aliphatic heterocycles. The Bertz CT molecular complexity index is 1560. The van der Waals surface area contributed by atoms with Gasteiger partial charge in [-0.2, -0.15) is 22.6 Å². The number of fused-ring (bicyclic) bond motifs is 1. The van der Waals surface area contributed by atoms with E-state index in [1.165, 1.54) is 46.7 Å². The number of hydrogen-bond donors (Lipinski definition) is 2. The predicted molar refractivity (Wildman–Crippen MR) is 150 cm³/mol. The van der Waals surface area contributed by atoms with Gasteiger partial charge in [-0.3, -0.25) is 4.79 Å². The molecule has 0 radical (unpaired) electrons. The van der Waals surface area contributed by atoms with Crippen molar-refractivity contribution < 1.29 is 31.2 Å². The Labute approximate surface area is 241 Å². The van der Waals surface area contributed by atoms with Gasteiger partial charge >= 0.3 is 12.2 Å². The van der Waals surface area contributed by atoms with Crippen LogP contribution >= 0.6 is 0 Å². The number of halogens is 3. The zero-order valence-corrected chi connectivity index (χ0v) is 24.0. The summed E-state index contributed by atoms with van der Waals surface area (Å²) in [5, 5.41) is 8.74. The lowest BCUT2D eigenvalue weighted by molar-refractivity contribution is -0.141. The van der Waals surface area contributed by atoms with E-state index in [1.807, 2.05) is 0 Å². The fourth-order valence-electron chi connectivity index (χ4n) is 5.64. The molecule has 3 aromatic rings. The van der Waals surface area contributed by atoms with Crippen LogP contribution in [-0.2, 0) is 16.2 Å². The molecule has 1 aromatic carbocycles. The average Bonchev–Trinajstić information content (AvgIpc) is 3.16. The summed E-state index contributed by atoms with van der Waals surface area (Å²) >= 11 is 0. The summed E-state index contributed by atoms with van der Waals surface area (Å²) in [6.07, 6.45) is 0.928. The van der Waals surface area contributed by atoms with Gasteiger partial charge in [0.15, 0.2) is 5.69 Å². The van der Waals surface area contributed by atoms with Crippen LogP contribution in [0.25, 0.3) is 5.52 Å². The van der Waals surface area contributed by atoms with Gasteiger partial charge in [-0.25, -0.2) is 17.7 Å². The number of likely N-dealkylation sites (tertiary alicyclic amines) is 1. The Morgan fingerprint density at radius 2 is 1.60 bits per heavy atom. The van der Waals surface area contributed by atoms with Gasteiger partial charge in [0.2, 0.25) is 10.0 Å². The summed E-state index contributed by atoms with van der Waals surface area (Å²) in [6, 6.07) is 8.75. The molecule has 4 heterocycles. The smallest absolute Gasteiger partial charge is 0.341 e. The molecule has 0 saturated carbocycles. The van der Waals surface area contributed by atoms with Crippen molar-refractivity contribution >= 4 is 33.2 Å². The molecule has 0 spiro atoms. The van der Waals surface area contributed by atoms with Gasteiger partial charge in [0.25, 0.3) is 5.91 Å². The Balaban J connectivity index is 1.35. The summed E-state index contributed by atoms with van der Waals surface area (Å²) in [7, 11) is -2.31. The van der Waals surface area contributed by atoms with Gasteiger partial charge in [0.05, 0.1) is 16.0 Å². The first-order chi connectivity index (χ1) is 20.0. The molecule has 2 aromatic heterocycles. The van der Waals surface area contributed by atoms with E-state index in [0.29, 0.717) is 31.6 Å². The van der Waals surface area contributed by atoms with Gasteiger partial charge in [-0.1, -0.05) is 12.8 Å². The largest absolute Gasteiger partial charge is 0.436 e. The number of alkyl halides is 3. The van der Waals surface area contributed by atoms with Crippen LogP contribution in [0.1, 0.15) is 66.1 Å². The van der Waals surface area contributed by atoms with Crippen molar-refractivity contribution in [2.45, 2.75) is 55.5 Å². The summed E-state index contributed by atoms with van der Waals surface area (Å²) in [5.74, 6) is -0.764. The zero-order valence-electron chi connectivity index (χ0n) is 23.2. The second-order valence-corrected chi connectivity index (χ2v) is 12.6. The maximum absolute atomic E-state index is 14.0. The SMILES string of the molecule is CNC(=O)Nc1ccc(S(=O)(=O)N2CCC(c3ccn4nc(C(F)(F)F)c(C(=O)N5CCCCCC5)c4c3)CC2)cc1. The lowest BCUT2D eigenvalue weighted by Crippen LogP contribution is -2.37. The minimum atomic E-state index is -4.79. The van der Waals surface area contributed by atoms with E-state index in [2.05, 4.69) is 15.7 Å². The van der Waals surface area contributed by atoms with E-state index in [-0.39, 0.29) is 29.4 Å². The predicted octanol–water partition coefficient (Wildman–Crippen LogP) is 4.69. The standard InChI is InChI=1S/C28H33F3N6O4S/c1-32-27(39)33-21-6-8-22(9-7-21)42(40,41)36-15-10-19(11-16-36)20-12-17-37-23(18-20)24(25(34-37)28(29,30)31)26(38)35-13-4-2-3-5-14-35/h6-9,12,17-19H,2-5,10-11,13-16H2,1H3,(H2,32,33,39). The quantitative estimate of drug-likeness (QED) is 0.437. The van der Waals surface area contributed by atoms with E-state index in [9.17, 15) is 31.2 Å². The van der Waals surface area contributed by atoms with Crippen LogP contribution in [0.3, 0.4) is 0 Å². The molecule has 0 aliphatic carbocycles. The number of sulfonamides is 1. The third-order valence-corrected chi connectivity index (χ3v) is 9.85. The Morgan fingerprint density at radius 1 is 0.952 bits per heavy atom. The number of nitrogens with one attached hydrogen (secondary N) is 2. The molecule has 14 heteroatoms. The van der Waals surface area contributed by atoms with Crippen LogP contribution in [0.4, 0.5) is 23.7 Å². The number of aromatic nitrogens is 2. The second kappa shape index (κ2) is 11.9. The molecule has 42 heavy (non-hydrogen) atoms. The number of nitrogens with zero attached hydrogens (tertiary/aromatic N) is 4. The maximum atomic E-state index is 14.0. The number of piperidine rings is 1. The number of carbonyl (C=O) groups is 2. The summed E-state index contributed by atoms with van der Waals surface area (Å²) < 4.78 is 71.0. The normalized spacial score (nSPS) is 17.7. The number of pyridine rings is 1. The minimum absolute atomic E-state index is 0.0976. The highest BCUT2D eigenvalue weighted by atomic mass is 32.2. The molecule has 226 valence electrons. The molecule has 0 bridgehead atoms. The Morgan fingerprint density at radius 3 is 2.19 bits per heavy atom. The highest BCUT2D eigenvalue weighted by Gasteiger charge is 2.41. The summed E-state index contributed by atoms with van der Waals surface area (Å²) in [6.45, 7) is 1.27. The van der Waals surface area contributed by atoms with Crippen molar-refractivity contribution in [3.05, 3.63) is 59.4 Å². The van der Waals surface area contributed by atoms with Crippen molar-refractivity contribution in [2.75, 3.05) is 38.5 Å². The van der Waals surface area contributed by atoms with Gasteiger partial charge in [-0.05, 0) is 73.6 Å². The Hall–Kier alpha value is -3.65. The lowest BCUT2D eigenvalue weighted by atomic mass is 9.90. The average molecular weight is 607 g/mol. The van der Waals surface area contributed by atoms with Crippen molar-refractivity contribution in [1.29, 1.82) is 0 Å². The van der Waals surface area contributed by atoms with E-state index >= 15 is 0 Å². The number of urea groups is 1. The monoisotopic (exact) mass is 606 g/mol. The third-order valence-electron chi connectivity index (χ3n) is 7.94. The second-order valence-electron chi connectivity index (χ2n) is 10.6. The molecule has 2 aliphatic rings. The fraction of sp³-hybridized carbons (Fsp3) is 0.464. The number of amides is 3. The first-order valence-electron chi connectivity index (χ1n) is 14.0. The molecule has 2 fully saturated rings. The van der Waals surface area contributed by atoms with E-state index < -0.39 is 39.4 Å². The molecule has 10 nitrogen and oxygen atoms in total. The number of rotatable bonds is 5. The molecular formula is C28H33F3N6O4S. The van der Waals surface area contributed by atoms with Crippen molar-refractivity contribution in [1.82, 2.24) is 24.1 Å². The number of carbonyl (C=O) groups excluding carboxylic acids is 2. The minimum Gasteiger partial charge on any atom is -0.341 e. The molecule has 5 rings (SSSR count). The third kappa shape index (κ3) is 6.09. The van der Waals surface area contributed by atoms with Crippen LogP contribution in [-0.4, -0.2) is 72.4 Å². The van der Waals surface area contributed by atoms with E-state index in [0.717, 1.165) is 35.8 Å². The van der Waals surface area contributed by atoms with E-state index in [1.54, 1.807) is 12.1 Å². The number of benzene rings is 1. The molecule has 2 saturated heterocycles. The van der Waals surface area contributed by atoms with Crippen LogP contribution < -0.4 is 10.6 Å². The molecule has 0 atom stereocenters. The van der Waals surface area contributed by atoms with Crippen LogP contribution in [0, 0.1) is 0 Å². The summed E-state index contributed by atoms with van der Waals surface area (Å²) in [4.78, 5) is 26.5. The van der Waals surface area contributed by atoms with Crippen LogP contribution in [0.5, 0.6) is 0 Å². The fourth-order valence-corrected chi connectivity index (χ4v) is 7.11. The highest BCUT2D eigenvalue weighted by Crippen LogP contribution is 2.36. The van der Waals surface area contributed by atoms with Gasteiger partial charge in [-0.15, -0.1) is 0 Å². The number of hydrogen-bond acceptors (Lipinski definition) is 5. The maximum Gasteiger partial charge on any atom is 0.436 e. The highest BCUT2D eigenvalue weighted by molar-refractivity contribution is 7.89. The Kier molecular flexibility index (Phi) is 8.46. The van der Waals surface area contributed by atoms with Crippen LogP contribution in [0.2, 0.25) is 0 Å². The van der Waals surface area contributed by atoms with Gasteiger partial charge in [0, 0.05) is 45.1 Å². The first-order valence-corrected chi connectivity index (χ1v) is 15.4. The van der Waals surface area contributed by atoms with Gasteiger partial charge in [0.1, 0.15) is 0 Å². The van der Waals surface area contributed by atoms with Crippen molar-refractivity contribution in [3.63, 3.8) is 0 Å². The lowest BCUT2D eigenvalue weighted by Gasteiger charge is -2.31. The zero-order chi connectivity index (χ0) is 30.1. The summed E-state index contributed by atoms with van der Waals surface area (Å²) in [5.41, 5.74) is -0.325. The first kappa shape index (κ1) is 29.8. The molecule has 2 N–H and O–H groups in total. The van der Waals surface area contributed by atoms with Crippen molar-refractivity contribution in [2.24, 2.45) is 0 Å². The van der Waals surface area contributed by atoms with E-state index in [4.69, 9.17) is 0 Å². The topological polar surface area (TPSA) is 116 Å². The number of anilines is 1. The van der Waals surface area contributed by atoms with Crippen molar-refractivity contribution in [3.8, 4) is 0 Å². The molecule has 0 unspecified atom stereocenters.